The maximum absolute atomic E-state index is 10.3. The summed E-state index contributed by atoms with van der Waals surface area (Å²) in [5.74, 6) is -0.776. The standard InChI is InChI=1S/C10H12NO2/c11-7-9-3-1-2-8(6-9)4-5-10(12)13/h1-2,6H,4-5,7,11H2,(H,12,13). The van der Waals surface area contributed by atoms with Crippen molar-refractivity contribution in [3.8, 4) is 0 Å². The second-order valence-electron chi connectivity index (χ2n) is 2.82. The van der Waals surface area contributed by atoms with Crippen molar-refractivity contribution in [2.24, 2.45) is 5.73 Å². The number of carboxylic acid groups (broad SMARTS) is 1. The molecule has 3 nitrogen and oxygen atoms in total. The Bertz CT molecular complexity index is 297. The van der Waals surface area contributed by atoms with Crippen LogP contribution in [0.1, 0.15) is 17.5 Å². The molecule has 69 valence electrons. The minimum absolute atomic E-state index is 0.161. The fourth-order valence-electron chi connectivity index (χ4n) is 1.09. The first-order valence-corrected chi connectivity index (χ1v) is 4.13. The molecule has 0 saturated heterocycles. The third-order valence-corrected chi connectivity index (χ3v) is 1.77. The highest BCUT2D eigenvalue weighted by Crippen LogP contribution is 2.06. The Kier molecular flexibility index (Phi) is 3.46. The van der Waals surface area contributed by atoms with E-state index in [1.165, 1.54) is 0 Å². The van der Waals surface area contributed by atoms with Crippen molar-refractivity contribution >= 4 is 5.97 Å². The van der Waals surface area contributed by atoms with Gasteiger partial charge in [0.2, 0.25) is 0 Å². The van der Waals surface area contributed by atoms with Gasteiger partial charge in [-0.15, -0.1) is 0 Å². The van der Waals surface area contributed by atoms with E-state index in [2.05, 4.69) is 6.07 Å². The van der Waals surface area contributed by atoms with Crippen LogP contribution in [0.5, 0.6) is 0 Å². The predicted molar refractivity (Wildman–Crippen MR) is 49.1 cm³/mol. The molecule has 13 heavy (non-hydrogen) atoms. The number of rotatable bonds is 4. The van der Waals surface area contributed by atoms with E-state index in [0.29, 0.717) is 13.0 Å². The molecule has 0 aliphatic carbocycles. The van der Waals surface area contributed by atoms with Gasteiger partial charge in [0.05, 0.1) is 0 Å². The summed E-state index contributed by atoms with van der Waals surface area (Å²) >= 11 is 0. The summed E-state index contributed by atoms with van der Waals surface area (Å²) in [5.41, 5.74) is 7.35. The van der Waals surface area contributed by atoms with Crippen LogP contribution in [0.15, 0.2) is 18.2 Å². The number of benzene rings is 1. The number of nitrogens with two attached hydrogens (primary N) is 1. The summed E-state index contributed by atoms with van der Waals surface area (Å²) < 4.78 is 0. The van der Waals surface area contributed by atoms with E-state index in [1.54, 1.807) is 6.07 Å². The molecule has 0 amide bonds. The van der Waals surface area contributed by atoms with Crippen molar-refractivity contribution in [3.63, 3.8) is 0 Å². The Morgan fingerprint density at radius 3 is 3.00 bits per heavy atom. The molecule has 0 atom stereocenters. The summed E-state index contributed by atoms with van der Waals surface area (Å²) in [6, 6.07) is 8.51. The van der Waals surface area contributed by atoms with Crippen molar-refractivity contribution < 1.29 is 9.90 Å². The minimum Gasteiger partial charge on any atom is -0.481 e. The molecule has 1 radical (unpaired) electrons. The topological polar surface area (TPSA) is 63.3 Å². The van der Waals surface area contributed by atoms with Gasteiger partial charge in [0.15, 0.2) is 0 Å². The summed E-state index contributed by atoms with van der Waals surface area (Å²) in [6.45, 7) is 0.445. The van der Waals surface area contributed by atoms with Gasteiger partial charge in [0, 0.05) is 13.0 Å². The van der Waals surface area contributed by atoms with E-state index in [9.17, 15) is 4.79 Å². The van der Waals surface area contributed by atoms with E-state index in [0.717, 1.165) is 11.1 Å². The zero-order valence-electron chi connectivity index (χ0n) is 7.29. The van der Waals surface area contributed by atoms with Gasteiger partial charge in [-0.2, -0.15) is 0 Å². The third-order valence-electron chi connectivity index (χ3n) is 1.77. The Hall–Kier alpha value is -1.35. The molecule has 1 aromatic carbocycles. The molecule has 0 aliphatic rings. The SMILES string of the molecule is NCc1[c]ccc(CCC(=O)O)c1. The van der Waals surface area contributed by atoms with E-state index >= 15 is 0 Å². The molecule has 0 bridgehead atoms. The number of aliphatic carboxylic acids is 1. The molecule has 0 fully saturated rings. The molecule has 0 aliphatic heterocycles. The van der Waals surface area contributed by atoms with Crippen LogP contribution in [0.25, 0.3) is 0 Å². The predicted octanol–water partition coefficient (Wildman–Crippen LogP) is 0.963. The highest BCUT2D eigenvalue weighted by Gasteiger charge is 1.99. The van der Waals surface area contributed by atoms with Crippen LogP contribution in [0, 0.1) is 6.07 Å². The van der Waals surface area contributed by atoms with E-state index in [4.69, 9.17) is 10.8 Å². The lowest BCUT2D eigenvalue weighted by Gasteiger charge is -2.00. The number of hydrogen-bond acceptors (Lipinski definition) is 2. The van der Waals surface area contributed by atoms with Crippen LogP contribution in [0.4, 0.5) is 0 Å². The monoisotopic (exact) mass is 178 g/mol. The molecule has 1 aromatic rings. The fourth-order valence-corrected chi connectivity index (χ4v) is 1.09. The second kappa shape index (κ2) is 4.62. The first-order valence-electron chi connectivity index (χ1n) is 4.13. The molecule has 0 unspecified atom stereocenters. The first kappa shape index (κ1) is 9.74. The van der Waals surface area contributed by atoms with Crippen LogP contribution >= 0.6 is 0 Å². The zero-order chi connectivity index (χ0) is 9.68. The summed E-state index contributed by atoms with van der Waals surface area (Å²) in [6.07, 6.45) is 0.713. The normalized spacial score (nSPS) is 9.92. The van der Waals surface area contributed by atoms with Crippen molar-refractivity contribution in [1.82, 2.24) is 0 Å². The number of hydrogen-bond donors (Lipinski definition) is 2. The maximum atomic E-state index is 10.3. The van der Waals surface area contributed by atoms with Crippen LogP contribution in [-0.4, -0.2) is 11.1 Å². The van der Waals surface area contributed by atoms with Crippen molar-refractivity contribution in [2.45, 2.75) is 19.4 Å². The third kappa shape index (κ3) is 3.25. The van der Waals surface area contributed by atoms with Gasteiger partial charge in [-0.05, 0) is 23.6 Å². The van der Waals surface area contributed by atoms with E-state index in [-0.39, 0.29) is 6.42 Å². The number of aryl methyl sites for hydroxylation is 1. The first-order chi connectivity index (χ1) is 6.22. The van der Waals surface area contributed by atoms with Crippen LogP contribution < -0.4 is 5.73 Å². The zero-order valence-corrected chi connectivity index (χ0v) is 7.29. The van der Waals surface area contributed by atoms with Gasteiger partial charge in [-0.25, -0.2) is 0 Å². The molecule has 3 heteroatoms. The average Bonchev–Trinajstić information content (AvgIpc) is 2.15. The Balaban J connectivity index is 2.61. The Morgan fingerprint density at radius 1 is 1.62 bits per heavy atom. The van der Waals surface area contributed by atoms with Gasteiger partial charge in [0.25, 0.3) is 0 Å². The summed E-state index contributed by atoms with van der Waals surface area (Å²) in [5, 5.41) is 8.47. The lowest BCUT2D eigenvalue weighted by molar-refractivity contribution is -0.136. The van der Waals surface area contributed by atoms with Crippen molar-refractivity contribution in [1.29, 1.82) is 0 Å². The molecule has 0 saturated carbocycles. The Morgan fingerprint density at radius 2 is 2.38 bits per heavy atom. The van der Waals surface area contributed by atoms with Crippen LogP contribution in [0.3, 0.4) is 0 Å². The second-order valence-corrected chi connectivity index (χ2v) is 2.82. The molecule has 0 spiro atoms. The highest BCUT2D eigenvalue weighted by atomic mass is 16.4. The largest absolute Gasteiger partial charge is 0.481 e. The smallest absolute Gasteiger partial charge is 0.303 e. The van der Waals surface area contributed by atoms with Gasteiger partial charge >= 0.3 is 5.97 Å². The number of carbonyl (C=O) groups is 1. The van der Waals surface area contributed by atoms with Gasteiger partial charge in [-0.1, -0.05) is 18.2 Å². The maximum Gasteiger partial charge on any atom is 0.303 e. The van der Waals surface area contributed by atoms with Crippen molar-refractivity contribution in [3.05, 3.63) is 35.4 Å². The lowest BCUT2D eigenvalue weighted by Crippen LogP contribution is -2.00. The van der Waals surface area contributed by atoms with Crippen LogP contribution in [-0.2, 0) is 17.8 Å². The molecule has 1 rings (SSSR count). The van der Waals surface area contributed by atoms with E-state index in [1.807, 2.05) is 12.1 Å². The lowest BCUT2D eigenvalue weighted by atomic mass is 10.1. The quantitative estimate of drug-likeness (QED) is 0.721. The Labute approximate surface area is 77.2 Å². The van der Waals surface area contributed by atoms with E-state index < -0.39 is 5.97 Å². The molecule has 3 N–H and O–H groups in total. The van der Waals surface area contributed by atoms with Crippen molar-refractivity contribution in [2.75, 3.05) is 0 Å². The highest BCUT2D eigenvalue weighted by molar-refractivity contribution is 5.67. The molecule has 0 heterocycles. The average molecular weight is 178 g/mol. The van der Waals surface area contributed by atoms with Gasteiger partial charge < -0.3 is 10.8 Å². The molecule has 0 aromatic heterocycles. The molecular formula is C10H12NO2. The van der Waals surface area contributed by atoms with Gasteiger partial charge in [0.1, 0.15) is 0 Å². The van der Waals surface area contributed by atoms with Crippen LogP contribution in [0.2, 0.25) is 0 Å². The summed E-state index contributed by atoms with van der Waals surface area (Å²) in [4.78, 5) is 10.3. The summed E-state index contributed by atoms with van der Waals surface area (Å²) in [7, 11) is 0. The molecular weight excluding hydrogens is 166 g/mol. The fraction of sp³-hybridized carbons (Fsp3) is 0.300. The minimum atomic E-state index is -0.776. The number of carboxylic acids is 1. The van der Waals surface area contributed by atoms with Gasteiger partial charge in [-0.3, -0.25) is 4.79 Å².